The van der Waals surface area contributed by atoms with Crippen LogP contribution in [-0.2, 0) is 11.2 Å². The predicted octanol–water partition coefficient (Wildman–Crippen LogP) is 2.73. The first-order chi connectivity index (χ1) is 9.11. The molecule has 1 amide bonds. The maximum Gasteiger partial charge on any atom is 0.234 e. The molecule has 0 saturated carbocycles. The van der Waals surface area contributed by atoms with Gasteiger partial charge < -0.3 is 5.32 Å². The lowest BCUT2D eigenvalue weighted by molar-refractivity contribution is -0.121. The van der Waals surface area contributed by atoms with Gasteiger partial charge in [0.15, 0.2) is 0 Å². The number of nitrogens with one attached hydrogen (secondary N) is 1. The number of rotatable bonds is 8. The van der Waals surface area contributed by atoms with Crippen LogP contribution in [0.15, 0.2) is 24.3 Å². The van der Waals surface area contributed by atoms with Gasteiger partial charge in [0.2, 0.25) is 5.91 Å². The van der Waals surface area contributed by atoms with Crippen molar-refractivity contribution in [2.75, 3.05) is 26.7 Å². The fourth-order valence-corrected chi connectivity index (χ4v) is 1.93. The number of carbonyl (C=O) groups excluding carboxylic acids is 1. The van der Waals surface area contributed by atoms with Crippen LogP contribution in [-0.4, -0.2) is 37.5 Å². The van der Waals surface area contributed by atoms with Crippen LogP contribution in [0.5, 0.6) is 0 Å². The lowest BCUT2D eigenvalue weighted by Crippen LogP contribution is -2.36. The molecular weight excluding hydrogens is 260 g/mol. The van der Waals surface area contributed by atoms with E-state index in [4.69, 9.17) is 11.6 Å². The normalized spacial score (nSPS) is 10.7. The minimum Gasteiger partial charge on any atom is -0.355 e. The zero-order valence-electron chi connectivity index (χ0n) is 11.8. The molecular formula is C15H23ClN2O. The third-order valence-corrected chi connectivity index (χ3v) is 3.21. The number of likely N-dealkylation sites (N-methyl/N-ethyl adjacent to an activating group) is 1. The van der Waals surface area contributed by atoms with Crippen molar-refractivity contribution in [2.24, 2.45) is 0 Å². The molecule has 0 aliphatic heterocycles. The van der Waals surface area contributed by atoms with Crippen molar-refractivity contribution in [2.45, 2.75) is 26.2 Å². The lowest BCUT2D eigenvalue weighted by atomic mass is 10.1. The maximum absolute atomic E-state index is 11.7. The number of nitrogens with zero attached hydrogens (tertiary/aromatic N) is 1. The molecule has 0 heterocycles. The Morgan fingerprint density at radius 1 is 1.32 bits per heavy atom. The summed E-state index contributed by atoms with van der Waals surface area (Å²) >= 11 is 5.82. The summed E-state index contributed by atoms with van der Waals surface area (Å²) in [7, 11) is 1.98. The summed E-state index contributed by atoms with van der Waals surface area (Å²) in [6, 6.07) is 7.72. The van der Waals surface area contributed by atoms with Crippen molar-refractivity contribution in [1.29, 1.82) is 0 Å². The SMILES string of the molecule is CCCCN(C)CC(=O)NCCc1ccc(Cl)cc1. The number of hydrogen-bond acceptors (Lipinski definition) is 2. The van der Waals surface area contributed by atoms with Gasteiger partial charge in [0.05, 0.1) is 6.54 Å². The molecule has 1 N–H and O–H groups in total. The highest BCUT2D eigenvalue weighted by atomic mass is 35.5. The van der Waals surface area contributed by atoms with Gasteiger partial charge in [-0.15, -0.1) is 0 Å². The maximum atomic E-state index is 11.7. The summed E-state index contributed by atoms with van der Waals surface area (Å²) in [4.78, 5) is 13.7. The van der Waals surface area contributed by atoms with Crippen LogP contribution in [0.2, 0.25) is 5.02 Å². The second-order valence-corrected chi connectivity index (χ2v) is 5.25. The molecule has 0 aromatic heterocycles. The van der Waals surface area contributed by atoms with Crippen LogP contribution >= 0.6 is 11.6 Å². The monoisotopic (exact) mass is 282 g/mol. The highest BCUT2D eigenvalue weighted by molar-refractivity contribution is 6.30. The van der Waals surface area contributed by atoms with Crippen molar-refractivity contribution in [3.63, 3.8) is 0 Å². The quantitative estimate of drug-likeness (QED) is 0.795. The Hall–Kier alpha value is -1.06. The molecule has 106 valence electrons. The molecule has 0 atom stereocenters. The van der Waals surface area contributed by atoms with E-state index in [0.717, 1.165) is 30.8 Å². The molecule has 1 aromatic carbocycles. The molecule has 0 saturated heterocycles. The fourth-order valence-electron chi connectivity index (χ4n) is 1.81. The molecule has 0 aliphatic rings. The standard InChI is InChI=1S/C15H23ClN2O/c1-3-4-11-18(2)12-15(19)17-10-9-13-5-7-14(16)8-6-13/h5-8H,3-4,9-12H2,1-2H3,(H,17,19). The van der Waals surface area contributed by atoms with Gasteiger partial charge in [0, 0.05) is 11.6 Å². The second-order valence-electron chi connectivity index (χ2n) is 4.82. The van der Waals surface area contributed by atoms with Gasteiger partial charge in [-0.3, -0.25) is 9.69 Å². The highest BCUT2D eigenvalue weighted by Gasteiger charge is 2.05. The van der Waals surface area contributed by atoms with Crippen LogP contribution in [0.25, 0.3) is 0 Å². The molecule has 0 fully saturated rings. The average molecular weight is 283 g/mol. The molecule has 1 rings (SSSR count). The molecule has 0 aliphatic carbocycles. The first kappa shape index (κ1) is 16.0. The Labute approximate surface area is 120 Å². The number of carbonyl (C=O) groups is 1. The third-order valence-electron chi connectivity index (χ3n) is 2.96. The van der Waals surface area contributed by atoms with Gasteiger partial charge in [0.25, 0.3) is 0 Å². The first-order valence-corrected chi connectivity index (χ1v) is 7.19. The summed E-state index contributed by atoms with van der Waals surface area (Å²) in [6.07, 6.45) is 3.12. The van der Waals surface area contributed by atoms with Crippen molar-refractivity contribution in [1.82, 2.24) is 10.2 Å². The number of unbranched alkanes of at least 4 members (excludes halogenated alkanes) is 1. The molecule has 0 unspecified atom stereocenters. The Kier molecular flexibility index (Phi) is 7.53. The van der Waals surface area contributed by atoms with Gasteiger partial charge in [-0.05, 0) is 44.1 Å². The minimum atomic E-state index is 0.0903. The Balaban J connectivity index is 2.18. The van der Waals surface area contributed by atoms with Crippen LogP contribution in [0.4, 0.5) is 0 Å². The van der Waals surface area contributed by atoms with Gasteiger partial charge >= 0.3 is 0 Å². The van der Waals surface area contributed by atoms with Crippen molar-refractivity contribution in [3.8, 4) is 0 Å². The van der Waals surface area contributed by atoms with Gasteiger partial charge in [-0.2, -0.15) is 0 Å². The van der Waals surface area contributed by atoms with E-state index in [1.165, 1.54) is 5.56 Å². The van der Waals surface area contributed by atoms with Crippen molar-refractivity contribution >= 4 is 17.5 Å². The van der Waals surface area contributed by atoms with Crippen LogP contribution in [0.3, 0.4) is 0 Å². The van der Waals surface area contributed by atoms with E-state index in [9.17, 15) is 4.79 Å². The topological polar surface area (TPSA) is 32.3 Å². The van der Waals surface area contributed by atoms with Gasteiger partial charge in [-0.25, -0.2) is 0 Å². The van der Waals surface area contributed by atoms with E-state index in [2.05, 4.69) is 17.1 Å². The van der Waals surface area contributed by atoms with Crippen molar-refractivity contribution < 1.29 is 4.79 Å². The average Bonchev–Trinajstić information content (AvgIpc) is 2.38. The molecule has 1 aromatic rings. The summed E-state index contributed by atoms with van der Waals surface area (Å²) in [6.45, 7) is 4.27. The molecule has 0 bridgehead atoms. The number of benzene rings is 1. The van der Waals surface area contributed by atoms with Crippen molar-refractivity contribution in [3.05, 3.63) is 34.9 Å². The molecule has 4 heteroatoms. The Morgan fingerprint density at radius 2 is 2.00 bits per heavy atom. The lowest BCUT2D eigenvalue weighted by Gasteiger charge is -2.15. The zero-order chi connectivity index (χ0) is 14.1. The van der Waals surface area contributed by atoms with E-state index >= 15 is 0 Å². The summed E-state index contributed by atoms with van der Waals surface area (Å²) in [5.74, 6) is 0.0903. The van der Waals surface area contributed by atoms with Gasteiger partial charge in [-0.1, -0.05) is 37.1 Å². The fraction of sp³-hybridized carbons (Fsp3) is 0.533. The number of hydrogen-bond donors (Lipinski definition) is 1. The highest BCUT2D eigenvalue weighted by Crippen LogP contribution is 2.09. The summed E-state index contributed by atoms with van der Waals surface area (Å²) in [5, 5.41) is 3.68. The van der Waals surface area contributed by atoms with E-state index in [-0.39, 0.29) is 5.91 Å². The summed E-state index contributed by atoms with van der Waals surface area (Å²) in [5.41, 5.74) is 1.18. The number of halogens is 1. The molecule has 19 heavy (non-hydrogen) atoms. The van der Waals surface area contributed by atoms with Crippen LogP contribution in [0.1, 0.15) is 25.3 Å². The molecule has 0 radical (unpaired) electrons. The van der Waals surface area contributed by atoms with Crippen LogP contribution < -0.4 is 5.32 Å². The summed E-state index contributed by atoms with van der Waals surface area (Å²) < 4.78 is 0. The van der Waals surface area contributed by atoms with Crippen LogP contribution in [0, 0.1) is 0 Å². The largest absolute Gasteiger partial charge is 0.355 e. The Bertz CT molecular complexity index is 378. The van der Waals surface area contributed by atoms with E-state index in [1.807, 2.05) is 31.3 Å². The second kappa shape index (κ2) is 8.94. The van der Waals surface area contributed by atoms with E-state index < -0.39 is 0 Å². The first-order valence-electron chi connectivity index (χ1n) is 6.81. The minimum absolute atomic E-state index is 0.0903. The molecule has 3 nitrogen and oxygen atoms in total. The Morgan fingerprint density at radius 3 is 2.63 bits per heavy atom. The van der Waals surface area contributed by atoms with Gasteiger partial charge in [0.1, 0.15) is 0 Å². The number of amides is 1. The zero-order valence-corrected chi connectivity index (χ0v) is 12.5. The van der Waals surface area contributed by atoms with E-state index in [0.29, 0.717) is 13.1 Å². The third kappa shape index (κ3) is 7.19. The molecule has 0 spiro atoms. The smallest absolute Gasteiger partial charge is 0.234 e. The van der Waals surface area contributed by atoms with E-state index in [1.54, 1.807) is 0 Å². The predicted molar refractivity (Wildman–Crippen MR) is 80.6 cm³/mol.